The van der Waals surface area contributed by atoms with Crippen molar-refractivity contribution in [2.75, 3.05) is 25.1 Å². The van der Waals surface area contributed by atoms with Gasteiger partial charge in [0.1, 0.15) is 5.54 Å². The van der Waals surface area contributed by atoms with Crippen molar-refractivity contribution in [3.05, 3.63) is 0 Å². The fraction of sp³-hybridized carbons (Fsp3) is 0.846. The fourth-order valence-corrected chi connectivity index (χ4v) is 5.10. The van der Waals surface area contributed by atoms with Crippen LogP contribution in [-0.4, -0.2) is 72.0 Å². The molecular weight excluding hydrogens is 296 g/mol. The first-order valence-corrected chi connectivity index (χ1v) is 9.04. The largest absolute Gasteiger partial charge is 0.479 e. The molecule has 2 aliphatic heterocycles. The van der Waals surface area contributed by atoms with E-state index in [1.165, 1.54) is 9.80 Å². The number of carboxylic acids is 1. The van der Waals surface area contributed by atoms with Crippen LogP contribution in [0.3, 0.4) is 0 Å². The van der Waals surface area contributed by atoms with Gasteiger partial charge >= 0.3 is 12.0 Å². The maximum atomic E-state index is 12.6. The number of carbonyl (C=O) groups is 2. The highest BCUT2D eigenvalue weighted by Crippen LogP contribution is 2.34. The van der Waals surface area contributed by atoms with E-state index in [-0.39, 0.29) is 23.6 Å². The predicted octanol–water partition coefficient (Wildman–Crippen LogP) is 0.555. The third-order valence-corrected chi connectivity index (χ3v) is 6.51. The Labute approximate surface area is 124 Å². The number of aliphatic carboxylic acids is 1. The van der Waals surface area contributed by atoms with E-state index < -0.39 is 21.3 Å². The summed E-state index contributed by atoms with van der Waals surface area (Å²) in [6.07, 6.45) is 1.87. The highest BCUT2D eigenvalue weighted by Gasteiger charge is 2.50. The lowest BCUT2D eigenvalue weighted by atomic mass is 9.93. The van der Waals surface area contributed by atoms with Crippen molar-refractivity contribution in [2.45, 2.75) is 44.2 Å². The quantitative estimate of drug-likeness (QED) is 0.820. The van der Waals surface area contributed by atoms with Gasteiger partial charge in [-0.15, -0.1) is 0 Å². The van der Waals surface area contributed by atoms with Gasteiger partial charge in [0.15, 0.2) is 9.84 Å². The highest BCUT2D eigenvalue weighted by atomic mass is 32.2. The Bertz CT molecular complexity index is 547. The first-order valence-electron chi connectivity index (χ1n) is 7.22. The number of carbonyl (C=O) groups excluding carboxylic acids is 1. The molecular formula is C13H22N2O5S. The molecule has 2 unspecified atom stereocenters. The summed E-state index contributed by atoms with van der Waals surface area (Å²) in [6, 6.07) is -0.731. The molecule has 2 rings (SSSR count). The van der Waals surface area contributed by atoms with Crippen molar-refractivity contribution in [1.29, 1.82) is 0 Å². The van der Waals surface area contributed by atoms with Gasteiger partial charge in [-0.05, 0) is 25.7 Å². The molecule has 2 amide bonds. The van der Waals surface area contributed by atoms with Crippen molar-refractivity contribution in [3.63, 3.8) is 0 Å². The molecule has 120 valence electrons. The van der Waals surface area contributed by atoms with Gasteiger partial charge in [-0.3, -0.25) is 0 Å². The van der Waals surface area contributed by atoms with Crippen LogP contribution in [0.25, 0.3) is 0 Å². The van der Waals surface area contributed by atoms with Gasteiger partial charge in [0.25, 0.3) is 0 Å². The second kappa shape index (κ2) is 5.47. The Balaban J connectivity index is 2.17. The third kappa shape index (κ3) is 2.73. The summed E-state index contributed by atoms with van der Waals surface area (Å²) in [6.45, 7) is 2.17. The van der Waals surface area contributed by atoms with E-state index in [1.54, 1.807) is 14.0 Å². The molecule has 1 N–H and O–H groups in total. The van der Waals surface area contributed by atoms with Gasteiger partial charge in [0.05, 0.1) is 11.5 Å². The Hall–Kier alpha value is -1.31. The van der Waals surface area contributed by atoms with Gasteiger partial charge in [-0.2, -0.15) is 0 Å². The van der Waals surface area contributed by atoms with Gasteiger partial charge in [-0.1, -0.05) is 6.92 Å². The zero-order valence-corrected chi connectivity index (χ0v) is 13.2. The number of urea groups is 1. The SMILES string of the molecule is CCC1(C(=O)O)CCCN1C(=O)N(C)C1CCS(=O)(=O)C1. The topological polar surface area (TPSA) is 95.0 Å². The molecule has 8 heteroatoms. The molecule has 7 nitrogen and oxygen atoms in total. The smallest absolute Gasteiger partial charge is 0.329 e. The molecule has 2 atom stereocenters. The van der Waals surface area contributed by atoms with Crippen molar-refractivity contribution in [2.24, 2.45) is 0 Å². The number of carboxylic acid groups (broad SMARTS) is 1. The highest BCUT2D eigenvalue weighted by molar-refractivity contribution is 7.91. The van der Waals surface area contributed by atoms with Crippen molar-refractivity contribution in [3.8, 4) is 0 Å². The molecule has 0 aliphatic carbocycles. The standard InChI is InChI=1S/C13H22N2O5S/c1-3-13(11(16)17)6-4-7-15(13)12(18)14(2)10-5-8-21(19,20)9-10/h10H,3-9H2,1-2H3,(H,16,17). The minimum Gasteiger partial charge on any atom is -0.479 e. The molecule has 2 fully saturated rings. The van der Waals surface area contributed by atoms with E-state index in [2.05, 4.69) is 0 Å². The fourth-order valence-electron chi connectivity index (χ4n) is 3.33. The number of sulfone groups is 1. The summed E-state index contributed by atoms with van der Waals surface area (Å²) in [5.74, 6) is -0.925. The van der Waals surface area contributed by atoms with E-state index in [9.17, 15) is 23.1 Å². The Kier molecular flexibility index (Phi) is 4.19. The number of likely N-dealkylation sites (tertiary alicyclic amines) is 1. The van der Waals surface area contributed by atoms with E-state index in [0.717, 1.165) is 0 Å². The minimum absolute atomic E-state index is 0.0325. The minimum atomic E-state index is -3.08. The van der Waals surface area contributed by atoms with Crippen molar-refractivity contribution >= 4 is 21.8 Å². The van der Waals surface area contributed by atoms with Crippen LogP contribution in [-0.2, 0) is 14.6 Å². The van der Waals surface area contributed by atoms with Crippen LogP contribution in [0.4, 0.5) is 4.79 Å². The number of nitrogens with zero attached hydrogens (tertiary/aromatic N) is 2. The van der Waals surface area contributed by atoms with Crippen LogP contribution in [0, 0.1) is 0 Å². The Morgan fingerprint density at radius 1 is 1.43 bits per heavy atom. The van der Waals surface area contributed by atoms with Gasteiger partial charge < -0.3 is 14.9 Å². The molecule has 2 aliphatic rings. The maximum Gasteiger partial charge on any atom is 0.329 e. The van der Waals surface area contributed by atoms with E-state index >= 15 is 0 Å². The number of hydrogen-bond donors (Lipinski definition) is 1. The van der Waals surface area contributed by atoms with Crippen LogP contribution in [0.15, 0.2) is 0 Å². The number of hydrogen-bond acceptors (Lipinski definition) is 4. The van der Waals surface area contributed by atoms with Crippen LogP contribution in [0.5, 0.6) is 0 Å². The molecule has 0 aromatic carbocycles. The second-order valence-electron chi connectivity index (χ2n) is 5.90. The van der Waals surface area contributed by atoms with Crippen molar-refractivity contribution < 1.29 is 23.1 Å². The zero-order chi connectivity index (χ0) is 15.8. The van der Waals surface area contributed by atoms with Gasteiger partial charge in [0, 0.05) is 19.6 Å². The molecule has 0 spiro atoms. The maximum absolute atomic E-state index is 12.6. The average Bonchev–Trinajstić information content (AvgIpc) is 3.00. The van der Waals surface area contributed by atoms with Crippen LogP contribution >= 0.6 is 0 Å². The summed E-state index contributed by atoms with van der Waals surface area (Å²) in [5.41, 5.74) is -1.15. The molecule has 2 saturated heterocycles. The lowest BCUT2D eigenvalue weighted by Gasteiger charge is -2.38. The van der Waals surface area contributed by atoms with Crippen LogP contribution < -0.4 is 0 Å². The summed E-state index contributed by atoms with van der Waals surface area (Å²) in [7, 11) is -1.51. The molecule has 0 aromatic rings. The normalized spacial score (nSPS) is 31.3. The first kappa shape index (κ1) is 16.1. The van der Waals surface area contributed by atoms with E-state index in [4.69, 9.17) is 0 Å². The summed E-state index contributed by atoms with van der Waals surface area (Å²) in [5, 5.41) is 9.50. The lowest BCUT2D eigenvalue weighted by Crippen LogP contribution is -2.57. The average molecular weight is 318 g/mol. The van der Waals surface area contributed by atoms with Gasteiger partial charge in [-0.25, -0.2) is 18.0 Å². The van der Waals surface area contributed by atoms with Crippen LogP contribution in [0.2, 0.25) is 0 Å². The zero-order valence-electron chi connectivity index (χ0n) is 12.4. The molecule has 0 bridgehead atoms. The molecule has 21 heavy (non-hydrogen) atoms. The lowest BCUT2D eigenvalue weighted by molar-refractivity contribution is -0.148. The monoisotopic (exact) mass is 318 g/mol. The summed E-state index contributed by atoms with van der Waals surface area (Å²) in [4.78, 5) is 27.0. The van der Waals surface area contributed by atoms with E-state index in [1.807, 2.05) is 0 Å². The molecule has 0 saturated carbocycles. The van der Waals surface area contributed by atoms with Crippen LogP contribution in [0.1, 0.15) is 32.6 Å². The molecule has 0 aromatic heterocycles. The Morgan fingerprint density at radius 2 is 2.10 bits per heavy atom. The third-order valence-electron chi connectivity index (χ3n) is 4.76. The molecule has 2 heterocycles. The summed E-state index contributed by atoms with van der Waals surface area (Å²) < 4.78 is 23.1. The van der Waals surface area contributed by atoms with Gasteiger partial charge in [0.2, 0.25) is 0 Å². The molecule has 0 radical (unpaired) electrons. The van der Waals surface area contributed by atoms with Crippen molar-refractivity contribution in [1.82, 2.24) is 9.80 Å². The number of rotatable bonds is 3. The van der Waals surface area contributed by atoms with E-state index in [0.29, 0.717) is 32.2 Å². The summed E-state index contributed by atoms with van der Waals surface area (Å²) >= 11 is 0. The Morgan fingerprint density at radius 3 is 2.57 bits per heavy atom. The number of amides is 2. The predicted molar refractivity (Wildman–Crippen MR) is 76.8 cm³/mol. The second-order valence-corrected chi connectivity index (χ2v) is 8.12. The first-order chi connectivity index (χ1) is 9.73.